The summed E-state index contributed by atoms with van der Waals surface area (Å²) in [6.07, 6.45) is 2.61. The summed E-state index contributed by atoms with van der Waals surface area (Å²) in [4.78, 5) is 0.413. The van der Waals surface area contributed by atoms with E-state index in [1.807, 2.05) is 19.1 Å². The van der Waals surface area contributed by atoms with E-state index < -0.39 is 10.0 Å². The molecule has 1 saturated heterocycles. The molecule has 2 aromatic rings. The van der Waals surface area contributed by atoms with Crippen LogP contribution in [-0.2, 0) is 21.9 Å². The Morgan fingerprint density at radius 3 is 2.54 bits per heavy atom. The Morgan fingerprint density at radius 2 is 1.79 bits per heavy atom. The maximum Gasteiger partial charge on any atom is 0.243 e. The Balaban J connectivity index is 1.72. The molecular formula is C20H23NO2S. The molecule has 3 nitrogen and oxygen atoms in total. The Bertz CT molecular complexity index is 873. The first kappa shape index (κ1) is 15.9. The molecular weight excluding hydrogens is 318 g/mol. The number of aryl methyl sites for hydroxylation is 1. The normalized spacial score (nSPS) is 26.8. The van der Waals surface area contributed by atoms with E-state index in [-0.39, 0.29) is 11.5 Å². The van der Waals surface area contributed by atoms with Crippen molar-refractivity contribution in [3.63, 3.8) is 0 Å². The van der Waals surface area contributed by atoms with Gasteiger partial charge < -0.3 is 0 Å². The minimum Gasteiger partial charge on any atom is -0.207 e. The van der Waals surface area contributed by atoms with Gasteiger partial charge in [0.15, 0.2) is 0 Å². The van der Waals surface area contributed by atoms with Gasteiger partial charge in [-0.2, -0.15) is 4.31 Å². The Kier molecular flexibility index (Phi) is 3.59. The lowest BCUT2D eigenvalue weighted by molar-refractivity contribution is 0.161. The zero-order valence-corrected chi connectivity index (χ0v) is 15.0. The SMILES string of the molecule is Cc1ccc(S(=O)(=O)N2CC[C@]3(C)C[C@H]2Cc2ccccc23)cc1. The van der Waals surface area contributed by atoms with Crippen molar-refractivity contribution in [3.8, 4) is 0 Å². The summed E-state index contributed by atoms with van der Waals surface area (Å²) in [7, 11) is -3.43. The van der Waals surface area contributed by atoms with Crippen molar-refractivity contribution in [2.45, 2.75) is 49.5 Å². The first-order valence-electron chi connectivity index (χ1n) is 8.57. The maximum atomic E-state index is 13.1. The molecule has 2 bridgehead atoms. The third-order valence-corrected chi connectivity index (χ3v) is 7.69. The van der Waals surface area contributed by atoms with Gasteiger partial charge in [-0.1, -0.05) is 48.9 Å². The predicted octanol–water partition coefficient (Wildman–Crippen LogP) is 3.66. The van der Waals surface area contributed by atoms with Crippen LogP contribution in [0.5, 0.6) is 0 Å². The van der Waals surface area contributed by atoms with Crippen LogP contribution in [-0.4, -0.2) is 25.3 Å². The summed E-state index contributed by atoms with van der Waals surface area (Å²) in [6.45, 7) is 4.86. The van der Waals surface area contributed by atoms with E-state index in [4.69, 9.17) is 0 Å². The Morgan fingerprint density at radius 1 is 1.08 bits per heavy atom. The number of nitrogens with zero attached hydrogens (tertiary/aromatic N) is 1. The molecule has 4 heteroatoms. The summed E-state index contributed by atoms with van der Waals surface area (Å²) >= 11 is 0. The van der Waals surface area contributed by atoms with Gasteiger partial charge in [-0.25, -0.2) is 8.42 Å². The zero-order valence-electron chi connectivity index (χ0n) is 14.2. The molecule has 2 atom stereocenters. The van der Waals surface area contributed by atoms with E-state index in [1.54, 1.807) is 16.4 Å². The third kappa shape index (κ3) is 2.40. The van der Waals surface area contributed by atoms with E-state index in [1.165, 1.54) is 11.1 Å². The highest BCUT2D eigenvalue weighted by molar-refractivity contribution is 7.89. The van der Waals surface area contributed by atoms with Crippen LogP contribution in [0, 0.1) is 6.92 Å². The van der Waals surface area contributed by atoms with E-state index >= 15 is 0 Å². The Hall–Kier alpha value is -1.65. The van der Waals surface area contributed by atoms with E-state index in [0.29, 0.717) is 11.4 Å². The van der Waals surface area contributed by atoms with Crippen molar-refractivity contribution in [2.75, 3.05) is 6.54 Å². The van der Waals surface area contributed by atoms with Crippen LogP contribution in [0.3, 0.4) is 0 Å². The second kappa shape index (κ2) is 5.43. The molecule has 0 spiro atoms. The molecule has 1 aliphatic heterocycles. The molecule has 0 unspecified atom stereocenters. The molecule has 1 heterocycles. The number of piperidine rings is 1. The third-order valence-electron chi connectivity index (χ3n) is 5.73. The summed E-state index contributed by atoms with van der Waals surface area (Å²) in [5.74, 6) is 0. The fourth-order valence-corrected chi connectivity index (χ4v) is 6.01. The molecule has 0 amide bonds. The average Bonchev–Trinajstić information content (AvgIpc) is 2.55. The summed E-state index contributed by atoms with van der Waals surface area (Å²) in [6, 6.07) is 15.8. The molecule has 126 valence electrons. The van der Waals surface area contributed by atoms with Crippen molar-refractivity contribution < 1.29 is 8.42 Å². The van der Waals surface area contributed by atoms with Gasteiger partial charge in [-0.05, 0) is 54.9 Å². The van der Waals surface area contributed by atoms with E-state index in [2.05, 4.69) is 31.2 Å². The highest BCUT2D eigenvalue weighted by Crippen LogP contribution is 2.45. The van der Waals surface area contributed by atoms with Crippen molar-refractivity contribution in [2.24, 2.45) is 0 Å². The standard InChI is InChI=1S/C20H23NO2S/c1-15-7-9-18(10-8-15)24(22,23)21-12-11-20(2)14-17(21)13-16-5-3-4-6-19(16)20/h3-10,17H,11-14H2,1-2H3/t17-,20-/m1/s1. The van der Waals surface area contributed by atoms with Gasteiger partial charge in [-0.3, -0.25) is 0 Å². The topological polar surface area (TPSA) is 37.4 Å². The van der Waals surface area contributed by atoms with Crippen LogP contribution >= 0.6 is 0 Å². The first-order chi connectivity index (χ1) is 11.4. The lowest BCUT2D eigenvalue weighted by Gasteiger charge is -2.49. The van der Waals surface area contributed by atoms with Gasteiger partial charge in [-0.15, -0.1) is 0 Å². The zero-order chi connectivity index (χ0) is 16.9. The van der Waals surface area contributed by atoms with Gasteiger partial charge >= 0.3 is 0 Å². The number of hydrogen-bond donors (Lipinski definition) is 0. The molecule has 1 fully saturated rings. The average molecular weight is 341 g/mol. The summed E-state index contributed by atoms with van der Waals surface area (Å²) in [5.41, 5.74) is 3.89. The highest BCUT2D eigenvalue weighted by Gasteiger charge is 2.46. The second-order valence-electron chi connectivity index (χ2n) is 7.46. The molecule has 24 heavy (non-hydrogen) atoms. The molecule has 1 aliphatic carbocycles. The number of fused-ring (bicyclic) bond motifs is 4. The summed E-state index contributed by atoms with van der Waals surface area (Å²) in [5, 5.41) is 0. The molecule has 2 aromatic carbocycles. The van der Waals surface area contributed by atoms with Crippen molar-refractivity contribution in [3.05, 3.63) is 65.2 Å². The largest absolute Gasteiger partial charge is 0.243 e. The molecule has 2 aliphatic rings. The fourth-order valence-electron chi connectivity index (χ4n) is 4.39. The van der Waals surface area contributed by atoms with Crippen LogP contribution in [0.1, 0.15) is 36.5 Å². The van der Waals surface area contributed by atoms with Gasteiger partial charge in [0, 0.05) is 12.6 Å². The van der Waals surface area contributed by atoms with Gasteiger partial charge in [0.1, 0.15) is 0 Å². The highest BCUT2D eigenvalue weighted by atomic mass is 32.2. The second-order valence-corrected chi connectivity index (χ2v) is 9.35. The quantitative estimate of drug-likeness (QED) is 0.836. The van der Waals surface area contributed by atoms with Crippen LogP contribution < -0.4 is 0 Å². The van der Waals surface area contributed by atoms with Crippen LogP contribution in [0.25, 0.3) is 0 Å². The van der Waals surface area contributed by atoms with Gasteiger partial charge in [0.05, 0.1) is 4.90 Å². The maximum absolute atomic E-state index is 13.1. The molecule has 0 N–H and O–H groups in total. The lowest BCUT2D eigenvalue weighted by Crippen LogP contribution is -2.53. The number of benzene rings is 2. The van der Waals surface area contributed by atoms with E-state index in [0.717, 1.165) is 24.8 Å². The number of sulfonamides is 1. The van der Waals surface area contributed by atoms with Crippen LogP contribution in [0.2, 0.25) is 0 Å². The lowest BCUT2D eigenvalue weighted by atomic mass is 9.66. The van der Waals surface area contributed by atoms with E-state index in [9.17, 15) is 8.42 Å². The first-order valence-corrected chi connectivity index (χ1v) is 10.0. The van der Waals surface area contributed by atoms with Crippen molar-refractivity contribution in [1.29, 1.82) is 0 Å². The molecule has 0 aromatic heterocycles. The minimum absolute atomic E-state index is 0.0601. The predicted molar refractivity (Wildman–Crippen MR) is 95.6 cm³/mol. The van der Waals surface area contributed by atoms with Crippen molar-refractivity contribution in [1.82, 2.24) is 4.31 Å². The fraction of sp³-hybridized carbons (Fsp3) is 0.400. The van der Waals surface area contributed by atoms with Gasteiger partial charge in [0.25, 0.3) is 0 Å². The molecule has 0 radical (unpaired) electrons. The van der Waals surface area contributed by atoms with Crippen LogP contribution in [0.15, 0.2) is 53.4 Å². The van der Waals surface area contributed by atoms with Crippen molar-refractivity contribution >= 4 is 10.0 Å². The number of rotatable bonds is 2. The molecule has 0 saturated carbocycles. The number of hydrogen-bond acceptors (Lipinski definition) is 2. The minimum atomic E-state index is -3.43. The van der Waals surface area contributed by atoms with Gasteiger partial charge in [0.2, 0.25) is 10.0 Å². The summed E-state index contributed by atoms with van der Waals surface area (Å²) < 4.78 is 28.0. The molecule has 4 rings (SSSR count). The van der Waals surface area contributed by atoms with Crippen LogP contribution in [0.4, 0.5) is 0 Å². The monoisotopic (exact) mass is 341 g/mol. The Labute approximate surface area is 144 Å². The smallest absolute Gasteiger partial charge is 0.207 e.